The summed E-state index contributed by atoms with van der Waals surface area (Å²) in [7, 11) is 0. The molecule has 4 aliphatic heterocycles. The second-order valence-electron chi connectivity index (χ2n) is 15.1. The summed E-state index contributed by atoms with van der Waals surface area (Å²) in [5.74, 6) is 0.926. The van der Waals surface area contributed by atoms with Gasteiger partial charge >= 0.3 is 0 Å². The van der Waals surface area contributed by atoms with Crippen LogP contribution in [0.1, 0.15) is 96.8 Å². The number of fused-ring (bicyclic) bond motifs is 1. The van der Waals surface area contributed by atoms with E-state index in [-0.39, 0.29) is 24.1 Å². The van der Waals surface area contributed by atoms with Crippen LogP contribution in [0.15, 0.2) is 54.9 Å². The number of hydrogen-bond acceptors (Lipinski definition) is 8. The normalized spacial score (nSPS) is 22.9. The standard InChI is InChI=1S/C38H45N7O3/c1-24(2)29-18-39-37(40-19-29)41-30-16-38(17-30)22-44(23-38)31-6-3-25(4-7-31)20-43-13-11-26(12-14-43)27-5-8-32-28(15-27)21-45(36(32)48)33-9-10-34(46)42-35(33)47/h3-8,15,18-19,24,26,30,33H,9-14,16-17,20-23H2,1-2H3,(H,39,40,41)(H,42,46,47). The Hall–Kier alpha value is -4.31. The van der Waals surface area contributed by atoms with Gasteiger partial charge in [0, 0.05) is 67.7 Å². The zero-order chi connectivity index (χ0) is 33.0. The Bertz CT molecular complexity index is 1700. The molecule has 0 radical (unpaired) electrons. The number of aromatic nitrogens is 2. The number of amides is 3. The van der Waals surface area contributed by atoms with E-state index in [1.54, 1.807) is 4.90 Å². The summed E-state index contributed by atoms with van der Waals surface area (Å²) in [6, 6.07) is 15.3. The second-order valence-corrected chi connectivity index (χ2v) is 15.1. The maximum absolute atomic E-state index is 13.1. The molecule has 5 heterocycles. The minimum Gasteiger partial charge on any atom is -0.370 e. The highest BCUT2D eigenvalue weighted by atomic mass is 16.2. The molecular formula is C38H45N7O3. The fraction of sp³-hybridized carbons (Fsp3) is 0.500. The zero-order valence-electron chi connectivity index (χ0n) is 28.0. The monoisotopic (exact) mass is 647 g/mol. The van der Waals surface area contributed by atoms with E-state index in [4.69, 9.17) is 0 Å². The summed E-state index contributed by atoms with van der Waals surface area (Å²) in [5.41, 5.74) is 7.24. The third-order valence-electron chi connectivity index (χ3n) is 11.4. The molecule has 10 heteroatoms. The molecule has 1 atom stereocenters. The van der Waals surface area contributed by atoms with E-state index in [9.17, 15) is 14.4 Å². The van der Waals surface area contributed by atoms with E-state index >= 15 is 0 Å². The first-order valence-corrected chi connectivity index (χ1v) is 17.6. The third-order valence-corrected chi connectivity index (χ3v) is 11.4. The van der Waals surface area contributed by atoms with Crippen LogP contribution in [-0.2, 0) is 22.7 Å². The second kappa shape index (κ2) is 12.3. The van der Waals surface area contributed by atoms with Gasteiger partial charge in [0.15, 0.2) is 0 Å². The van der Waals surface area contributed by atoms with E-state index in [1.807, 2.05) is 18.5 Å². The molecule has 3 amide bonds. The van der Waals surface area contributed by atoms with Crippen LogP contribution in [0.25, 0.3) is 0 Å². The number of hydrogen-bond donors (Lipinski definition) is 2. The van der Waals surface area contributed by atoms with Gasteiger partial charge in [0.1, 0.15) is 6.04 Å². The van der Waals surface area contributed by atoms with E-state index in [1.165, 1.54) is 35.2 Å². The van der Waals surface area contributed by atoms with Gasteiger partial charge in [0.25, 0.3) is 5.91 Å². The Labute approximate surface area is 282 Å². The lowest BCUT2D eigenvalue weighted by atomic mass is 9.60. The molecule has 1 saturated carbocycles. The Morgan fingerprint density at radius 3 is 2.38 bits per heavy atom. The molecule has 4 fully saturated rings. The molecule has 250 valence electrons. The molecule has 1 aliphatic carbocycles. The van der Waals surface area contributed by atoms with Crippen molar-refractivity contribution in [2.24, 2.45) is 5.41 Å². The maximum atomic E-state index is 13.1. The molecule has 48 heavy (non-hydrogen) atoms. The molecule has 3 aromatic rings. The van der Waals surface area contributed by atoms with Crippen molar-refractivity contribution in [1.82, 2.24) is 25.1 Å². The number of benzene rings is 2. The molecule has 2 N–H and O–H groups in total. The lowest BCUT2D eigenvalue weighted by molar-refractivity contribution is -0.136. The van der Waals surface area contributed by atoms with Gasteiger partial charge in [-0.15, -0.1) is 0 Å². The van der Waals surface area contributed by atoms with Gasteiger partial charge in [-0.2, -0.15) is 0 Å². The number of likely N-dealkylation sites (tertiary alicyclic amines) is 1. The summed E-state index contributed by atoms with van der Waals surface area (Å²) >= 11 is 0. The molecule has 10 nitrogen and oxygen atoms in total. The molecule has 1 spiro atoms. The van der Waals surface area contributed by atoms with Gasteiger partial charge in [0.2, 0.25) is 17.8 Å². The number of nitrogens with zero attached hydrogens (tertiary/aromatic N) is 5. The van der Waals surface area contributed by atoms with Crippen LogP contribution in [0.2, 0.25) is 0 Å². The predicted octanol–water partition coefficient (Wildman–Crippen LogP) is 4.82. The molecule has 1 aromatic heterocycles. The van der Waals surface area contributed by atoms with Crippen molar-refractivity contribution in [1.29, 1.82) is 0 Å². The number of carbonyl (C=O) groups is 3. The van der Waals surface area contributed by atoms with Crippen molar-refractivity contribution in [2.45, 2.75) is 89.4 Å². The van der Waals surface area contributed by atoms with Crippen molar-refractivity contribution in [2.75, 3.05) is 36.4 Å². The van der Waals surface area contributed by atoms with Gasteiger partial charge < -0.3 is 15.1 Å². The summed E-state index contributed by atoms with van der Waals surface area (Å²) < 4.78 is 0. The topological polar surface area (TPSA) is 111 Å². The average Bonchev–Trinajstić information content (AvgIpc) is 3.37. The fourth-order valence-electron chi connectivity index (χ4n) is 8.53. The average molecular weight is 648 g/mol. The Morgan fingerprint density at radius 2 is 1.69 bits per heavy atom. The van der Waals surface area contributed by atoms with Gasteiger partial charge in [0.05, 0.1) is 0 Å². The van der Waals surface area contributed by atoms with E-state index < -0.39 is 6.04 Å². The molecule has 5 aliphatic rings. The summed E-state index contributed by atoms with van der Waals surface area (Å²) in [5, 5.41) is 5.91. The van der Waals surface area contributed by atoms with Crippen LogP contribution in [0, 0.1) is 5.41 Å². The SMILES string of the molecule is CC(C)c1cnc(NC2CC3(C2)CN(c2ccc(CN4CCC(c5ccc6c(c5)CN(C5CCC(=O)NC5=O)C6=O)CC4)cc2)C3)nc1. The lowest BCUT2D eigenvalue weighted by Gasteiger charge is -2.60. The number of rotatable bonds is 8. The maximum Gasteiger partial charge on any atom is 0.255 e. The number of piperidine rings is 2. The highest BCUT2D eigenvalue weighted by Gasteiger charge is 2.52. The number of anilines is 2. The molecule has 0 bridgehead atoms. The predicted molar refractivity (Wildman–Crippen MR) is 184 cm³/mol. The van der Waals surface area contributed by atoms with Crippen molar-refractivity contribution in [3.05, 3.63) is 82.7 Å². The van der Waals surface area contributed by atoms with Crippen molar-refractivity contribution in [3.63, 3.8) is 0 Å². The highest BCUT2D eigenvalue weighted by molar-refractivity contribution is 6.05. The number of imide groups is 1. The Kier molecular flexibility index (Phi) is 7.94. The highest BCUT2D eigenvalue weighted by Crippen LogP contribution is 2.50. The summed E-state index contributed by atoms with van der Waals surface area (Å²) in [6.07, 6.45) is 9.07. The van der Waals surface area contributed by atoms with Crippen molar-refractivity contribution in [3.8, 4) is 0 Å². The Balaban J connectivity index is 0.784. The molecular weight excluding hydrogens is 602 g/mol. The molecule has 2 aromatic carbocycles. The third kappa shape index (κ3) is 5.95. The van der Waals surface area contributed by atoms with Crippen LogP contribution in [0.5, 0.6) is 0 Å². The summed E-state index contributed by atoms with van der Waals surface area (Å²) in [6.45, 7) is 10.0. The van der Waals surface area contributed by atoms with Gasteiger partial charge in [-0.25, -0.2) is 9.97 Å². The first-order valence-electron chi connectivity index (χ1n) is 17.6. The minimum atomic E-state index is -0.571. The van der Waals surface area contributed by atoms with Gasteiger partial charge in [-0.1, -0.05) is 38.1 Å². The van der Waals surface area contributed by atoms with E-state index in [0.717, 1.165) is 57.1 Å². The van der Waals surface area contributed by atoms with Crippen molar-refractivity contribution < 1.29 is 14.4 Å². The molecule has 1 unspecified atom stereocenters. The first kappa shape index (κ1) is 31.0. The lowest BCUT2D eigenvalue weighted by Crippen LogP contribution is -2.65. The summed E-state index contributed by atoms with van der Waals surface area (Å²) in [4.78, 5) is 52.8. The van der Waals surface area contributed by atoms with Crippen molar-refractivity contribution >= 4 is 29.4 Å². The van der Waals surface area contributed by atoms with E-state index in [0.29, 0.717) is 41.8 Å². The Morgan fingerprint density at radius 1 is 0.958 bits per heavy atom. The van der Waals surface area contributed by atoms with Gasteiger partial charge in [-0.3, -0.25) is 24.6 Å². The van der Waals surface area contributed by atoms with Gasteiger partial charge in [-0.05, 0) is 97.5 Å². The smallest absolute Gasteiger partial charge is 0.255 e. The van der Waals surface area contributed by atoms with Crippen LogP contribution >= 0.6 is 0 Å². The molecule has 3 saturated heterocycles. The van der Waals surface area contributed by atoms with Crippen LogP contribution < -0.4 is 15.5 Å². The fourth-order valence-corrected chi connectivity index (χ4v) is 8.53. The minimum absolute atomic E-state index is 0.107. The van der Waals surface area contributed by atoms with Crippen LogP contribution in [-0.4, -0.2) is 75.8 Å². The largest absolute Gasteiger partial charge is 0.370 e. The number of carbonyl (C=O) groups excluding carboxylic acids is 3. The molecule has 8 rings (SSSR count). The van der Waals surface area contributed by atoms with Crippen LogP contribution in [0.3, 0.4) is 0 Å². The zero-order valence-corrected chi connectivity index (χ0v) is 28.0. The first-order chi connectivity index (χ1) is 23.2. The quantitative estimate of drug-likeness (QED) is 0.335. The number of nitrogens with one attached hydrogen (secondary N) is 2. The van der Waals surface area contributed by atoms with E-state index in [2.05, 4.69) is 80.6 Å². The van der Waals surface area contributed by atoms with Crippen LogP contribution in [0.4, 0.5) is 11.6 Å².